The molecular formula is C10H21N3O2. The van der Waals surface area contributed by atoms with Crippen LogP contribution in [-0.2, 0) is 4.74 Å². The molecule has 15 heavy (non-hydrogen) atoms. The number of nitrogens with one attached hydrogen (secondary N) is 1. The molecule has 1 fully saturated rings. The van der Waals surface area contributed by atoms with Crippen LogP contribution in [0.5, 0.6) is 0 Å². The van der Waals surface area contributed by atoms with E-state index in [1.165, 1.54) is 0 Å². The van der Waals surface area contributed by atoms with E-state index in [0.717, 1.165) is 32.0 Å². The van der Waals surface area contributed by atoms with Crippen LogP contribution in [-0.4, -0.2) is 61.2 Å². The first-order valence-corrected chi connectivity index (χ1v) is 5.40. The highest BCUT2D eigenvalue weighted by Crippen LogP contribution is 1.97. The zero-order chi connectivity index (χ0) is 11.1. The molecule has 1 saturated heterocycles. The summed E-state index contributed by atoms with van der Waals surface area (Å²) in [4.78, 5) is 2.21. The van der Waals surface area contributed by atoms with Crippen LogP contribution in [0.2, 0.25) is 0 Å². The Hall–Kier alpha value is -0.650. The number of β-amino-alcohol motifs (C(OH)–C–C–N with tert-alkyl or cyclic N) is 1. The summed E-state index contributed by atoms with van der Waals surface area (Å²) in [7, 11) is 0. The van der Waals surface area contributed by atoms with Gasteiger partial charge in [-0.25, -0.2) is 0 Å². The lowest BCUT2D eigenvalue weighted by Crippen LogP contribution is -2.43. The van der Waals surface area contributed by atoms with Crippen molar-refractivity contribution in [3.63, 3.8) is 0 Å². The highest BCUT2D eigenvalue weighted by atomic mass is 16.5. The van der Waals surface area contributed by atoms with Gasteiger partial charge >= 0.3 is 0 Å². The minimum atomic E-state index is -0.369. The molecule has 0 radical (unpaired) electrons. The van der Waals surface area contributed by atoms with Gasteiger partial charge in [-0.05, 0) is 13.8 Å². The minimum Gasteiger partial charge on any atom is -0.390 e. The molecule has 0 aromatic rings. The van der Waals surface area contributed by atoms with Crippen molar-refractivity contribution in [3.05, 3.63) is 0 Å². The highest BCUT2D eigenvalue weighted by Gasteiger charge is 2.14. The first-order valence-electron chi connectivity index (χ1n) is 5.40. The Labute approximate surface area is 91.1 Å². The Kier molecular flexibility index (Phi) is 5.60. The molecule has 5 heteroatoms. The van der Waals surface area contributed by atoms with Crippen molar-refractivity contribution in [1.29, 1.82) is 0 Å². The normalized spacial score (nSPS) is 19.7. The predicted octanol–water partition coefficient (Wildman–Crippen LogP) is -0.335. The van der Waals surface area contributed by atoms with Crippen LogP contribution in [0.4, 0.5) is 0 Å². The quantitative estimate of drug-likeness (QED) is 0.487. The molecule has 0 aliphatic carbocycles. The summed E-state index contributed by atoms with van der Waals surface area (Å²) >= 11 is 0. The molecule has 0 amide bonds. The third-order valence-corrected chi connectivity index (χ3v) is 2.20. The van der Waals surface area contributed by atoms with Gasteiger partial charge in [0, 0.05) is 25.3 Å². The topological polar surface area (TPSA) is 57.1 Å². The Morgan fingerprint density at radius 1 is 1.47 bits per heavy atom. The van der Waals surface area contributed by atoms with E-state index >= 15 is 0 Å². The number of morpholine rings is 1. The maximum atomic E-state index is 9.70. The van der Waals surface area contributed by atoms with E-state index in [4.69, 9.17) is 4.74 Å². The van der Waals surface area contributed by atoms with Gasteiger partial charge in [0.15, 0.2) is 0 Å². The van der Waals surface area contributed by atoms with E-state index in [9.17, 15) is 5.11 Å². The number of aliphatic hydroxyl groups is 1. The monoisotopic (exact) mass is 215 g/mol. The maximum Gasteiger partial charge on any atom is 0.0855 e. The van der Waals surface area contributed by atoms with Crippen LogP contribution in [0, 0.1) is 0 Å². The average Bonchev–Trinajstić information content (AvgIpc) is 2.18. The number of hydrazone groups is 1. The Bertz CT molecular complexity index is 199. The first-order chi connectivity index (χ1) is 7.18. The van der Waals surface area contributed by atoms with Crippen molar-refractivity contribution in [2.75, 3.05) is 39.4 Å². The van der Waals surface area contributed by atoms with Gasteiger partial charge < -0.3 is 15.3 Å². The second-order valence-corrected chi connectivity index (χ2v) is 3.99. The van der Waals surface area contributed by atoms with Gasteiger partial charge in [-0.3, -0.25) is 4.90 Å². The molecule has 1 atom stereocenters. The molecule has 1 aliphatic heterocycles. The summed E-state index contributed by atoms with van der Waals surface area (Å²) < 4.78 is 5.23. The Balaban J connectivity index is 2.11. The van der Waals surface area contributed by atoms with Crippen molar-refractivity contribution in [2.24, 2.45) is 5.10 Å². The molecule has 5 nitrogen and oxygen atoms in total. The van der Waals surface area contributed by atoms with Crippen molar-refractivity contribution in [1.82, 2.24) is 10.3 Å². The summed E-state index contributed by atoms with van der Waals surface area (Å²) in [6, 6.07) is 0. The largest absolute Gasteiger partial charge is 0.390 e. The van der Waals surface area contributed by atoms with E-state index in [0.29, 0.717) is 13.1 Å². The number of ether oxygens (including phenoxy) is 1. The number of aliphatic hydroxyl groups excluding tert-OH is 1. The molecule has 0 aromatic heterocycles. The number of nitrogens with zero attached hydrogens (tertiary/aromatic N) is 2. The van der Waals surface area contributed by atoms with Crippen LogP contribution in [0.25, 0.3) is 0 Å². The Morgan fingerprint density at radius 2 is 2.13 bits per heavy atom. The molecule has 1 heterocycles. The van der Waals surface area contributed by atoms with E-state index in [1.54, 1.807) is 0 Å². The van der Waals surface area contributed by atoms with Gasteiger partial charge in [-0.1, -0.05) is 0 Å². The summed E-state index contributed by atoms with van der Waals surface area (Å²) in [6.07, 6.45) is -0.369. The van der Waals surface area contributed by atoms with Crippen LogP contribution >= 0.6 is 0 Å². The molecule has 88 valence electrons. The number of rotatable bonds is 5. The maximum absolute atomic E-state index is 9.70. The molecule has 0 spiro atoms. The standard InChI is InChI=1S/C10H21N3O2/c1-9(2)12-11-7-10(14)8-13-3-5-15-6-4-13/h10-11,14H,3-8H2,1-2H3. The van der Waals surface area contributed by atoms with Crippen LogP contribution in [0.1, 0.15) is 13.8 Å². The number of hydrogen-bond donors (Lipinski definition) is 2. The van der Waals surface area contributed by atoms with Crippen LogP contribution < -0.4 is 5.43 Å². The van der Waals surface area contributed by atoms with E-state index in [2.05, 4.69) is 15.4 Å². The molecular weight excluding hydrogens is 194 g/mol. The smallest absolute Gasteiger partial charge is 0.0855 e. The third-order valence-electron chi connectivity index (χ3n) is 2.20. The Morgan fingerprint density at radius 3 is 2.73 bits per heavy atom. The van der Waals surface area contributed by atoms with Gasteiger partial charge in [0.25, 0.3) is 0 Å². The predicted molar refractivity (Wildman–Crippen MR) is 60.1 cm³/mol. The fourth-order valence-corrected chi connectivity index (χ4v) is 1.46. The van der Waals surface area contributed by atoms with Gasteiger partial charge in [0.2, 0.25) is 0 Å². The summed E-state index contributed by atoms with van der Waals surface area (Å²) in [5.74, 6) is 0. The molecule has 1 unspecified atom stereocenters. The van der Waals surface area contributed by atoms with Gasteiger partial charge in [-0.2, -0.15) is 5.10 Å². The second kappa shape index (κ2) is 6.76. The molecule has 1 aliphatic rings. The SMILES string of the molecule is CC(C)=NNCC(O)CN1CCOCC1. The van der Waals surface area contributed by atoms with Crippen LogP contribution in [0.3, 0.4) is 0 Å². The molecule has 0 aromatic carbocycles. The number of hydrogen-bond acceptors (Lipinski definition) is 5. The fraction of sp³-hybridized carbons (Fsp3) is 0.900. The summed E-state index contributed by atoms with van der Waals surface area (Å²) in [5.41, 5.74) is 3.82. The lowest BCUT2D eigenvalue weighted by molar-refractivity contribution is 0.0150. The summed E-state index contributed by atoms with van der Waals surface area (Å²) in [5, 5.41) is 13.7. The van der Waals surface area contributed by atoms with Crippen molar-refractivity contribution >= 4 is 5.71 Å². The van der Waals surface area contributed by atoms with E-state index in [1.807, 2.05) is 13.8 Å². The van der Waals surface area contributed by atoms with Crippen molar-refractivity contribution in [3.8, 4) is 0 Å². The molecule has 2 N–H and O–H groups in total. The average molecular weight is 215 g/mol. The zero-order valence-electron chi connectivity index (χ0n) is 9.57. The highest BCUT2D eigenvalue weighted by molar-refractivity contribution is 5.78. The third kappa shape index (κ3) is 5.71. The van der Waals surface area contributed by atoms with Gasteiger partial charge in [0.05, 0.1) is 25.9 Å². The van der Waals surface area contributed by atoms with Crippen molar-refractivity contribution < 1.29 is 9.84 Å². The van der Waals surface area contributed by atoms with Gasteiger partial charge in [0.1, 0.15) is 0 Å². The molecule has 1 rings (SSSR count). The zero-order valence-corrected chi connectivity index (χ0v) is 9.57. The molecule has 0 saturated carbocycles. The molecule has 0 bridgehead atoms. The van der Waals surface area contributed by atoms with Crippen LogP contribution in [0.15, 0.2) is 5.10 Å². The van der Waals surface area contributed by atoms with Gasteiger partial charge in [-0.15, -0.1) is 0 Å². The fourth-order valence-electron chi connectivity index (χ4n) is 1.46. The van der Waals surface area contributed by atoms with E-state index in [-0.39, 0.29) is 6.10 Å². The van der Waals surface area contributed by atoms with Crippen molar-refractivity contribution in [2.45, 2.75) is 20.0 Å². The first kappa shape index (κ1) is 12.4. The van der Waals surface area contributed by atoms with E-state index < -0.39 is 0 Å². The summed E-state index contributed by atoms with van der Waals surface area (Å²) in [6.45, 7) is 8.39. The lowest BCUT2D eigenvalue weighted by atomic mass is 10.3. The lowest BCUT2D eigenvalue weighted by Gasteiger charge is -2.28. The second-order valence-electron chi connectivity index (χ2n) is 3.99. The minimum absolute atomic E-state index is 0.369.